The van der Waals surface area contributed by atoms with E-state index in [-0.39, 0.29) is 12.6 Å². The SMILES string of the molecule is NC(Cc1ccc(Br)cc1I)C(=O)OCc1ccccc1. The smallest absolute Gasteiger partial charge is 0.323 e. The van der Waals surface area contributed by atoms with Crippen LogP contribution in [0.15, 0.2) is 53.0 Å². The first kappa shape index (κ1) is 16.5. The Morgan fingerprint density at radius 1 is 1.24 bits per heavy atom. The van der Waals surface area contributed by atoms with Crippen molar-refractivity contribution < 1.29 is 9.53 Å². The minimum Gasteiger partial charge on any atom is -0.460 e. The minimum absolute atomic E-state index is 0.255. The Bertz CT molecular complexity index is 619. The van der Waals surface area contributed by atoms with Gasteiger partial charge in [-0.25, -0.2) is 0 Å². The molecule has 0 fully saturated rings. The zero-order valence-electron chi connectivity index (χ0n) is 11.3. The lowest BCUT2D eigenvalue weighted by Crippen LogP contribution is -2.34. The Balaban J connectivity index is 1.90. The van der Waals surface area contributed by atoms with E-state index in [4.69, 9.17) is 10.5 Å². The second-order valence-electron chi connectivity index (χ2n) is 4.64. The van der Waals surface area contributed by atoms with E-state index in [0.29, 0.717) is 6.42 Å². The summed E-state index contributed by atoms with van der Waals surface area (Å²) >= 11 is 5.65. The third-order valence-corrected chi connectivity index (χ3v) is 4.48. The highest BCUT2D eigenvalue weighted by Gasteiger charge is 2.17. The first-order chi connectivity index (χ1) is 10.1. The fourth-order valence-electron chi connectivity index (χ4n) is 1.84. The van der Waals surface area contributed by atoms with Crippen LogP contribution in [-0.4, -0.2) is 12.0 Å². The molecule has 2 rings (SSSR count). The maximum absolute atomic E-state index is 11.9. The van der Waals surface area contributed by atoms with Crippen LogP contribution in [0.5, 0.6) is 0 Å². The van der Waals surface area contributed by atoms with Gasteiger partial charge in [0.1, 0.15) is 12.6 Å². The Hall–Kier alpha value is -0.920. The van der Waals surface area contributed by atoms with Crippen molar-refractivity contribution in [3.8, 4) is 0 Å². The van der Waals surface area contributed by atoms with E-state index in [2.05, 4.69) is 38.5 Å². The van der Waals surface area contributed by atoms with Gasteiger partial charge in [0.25, 0.3) is 0 Å². The van der Waals surface area contributed by atoms with Gasteiger partial charge in [-0.2, -0.15) is 0 Å². The molecule has 0 aliphatic heterocycles. The summed E-state index contributed by atoms with van der Waals surface area (Å²) in [5.74, 6) is -0.377. The van der Waals surface area contributed by atoms with Crippen LogP contribution in [0.3, 0.4) is 0 Å². The zero-order chi connectivity index (χ0) is 15.2. The van der Waals surface area contributed by atoms with E-state index < -0.39 is 6.04 Å². The number of nitrogens with two attached hydrogens (primary N) is 1. The molecule has 2 N–H and O–H groups in total. The Morgan fingerprint density at radius 3 is 2.62 bits per heavy atom. The van der Waals surface area contributed by atoms with Gasteiger partial charge in [-0.1, -0.05) is 52.3 Å². The average molecular weight is 460 g/mol. The van der Waals surface area contributed by atoms with Crippen molar-refractivity contribution in [1.29, 1.82) is 0 Å². The lowest BCUT2D eigenvalue weighted by Gasteiger charge is -2.13. The van der Waals surface area contributed by atoms with Crippen molar-refractivity contribution in [2.75, 3.05) is 0 Å². The molecule has 2 aromatic rings. The molecule has 0 heterocycles. The van der Waals surface area contributed by atoms with Gasteiger partial charge in [0, 0.05) is 8.04 Å². The molecule has 0 amide bonds. The average Bonchev–Trinajstić information content (AvgIpc) is 2.48. The normalized spacial score (nSPS) is 12.0. The highest BCUT2D eigenvalue weighted by Crippen LogP contribution is 2.19. The molecule has 21 heavy (non-hydrogen) atoms. The molecule has 0 saturated carbocycles. The predicted molar refractivity (Wildman–Crippen MR) is 94.8 cm³/mol. The molecule has 0 bridgehead atoms. The summed E-state index contributed by atoms with van der Waals surface area (Å²) in [5.41, 5.74) is 7.93. The number of halogens is 2. The molecule has 0 radical (unpaired) electrons. The Kier molecular flexibility index (Phi) is 6.20. The minimum atomic E-state index is -0.650. The first-order valence-electron chi connectivity index (χ1n) is 6.46. The van der Waals surface area contributed by atoms with Gasteiger partial charge in [-0.3, -0.25) is 4.79 Å². The standard InChI is InChI=1S/C16H15BrINO2/c17-13-7-6-12(14(18)9-13)8-15(19)16(20)21-10-11-4-2-1-3-5-11/h1-7,9,15H,8,10,19H2. The molecule has 0 spiro atoms. The van der Waals surface area contributed by atoms with E-state index in [1.165, 1.54) is 0 Å². The number of hydrogen-bond donors (Lipinski definition) is 1. The largest absolute Gasteiger partial charge is 0.460 e. The summed E-state index contributed by atoms with van der Waals surface area (Å²) < 4.78 is 7.34. The fraction of sp³-hybridized carbons (Fsp3) is 0.188. The predicted octanol–water partition coefficient (Wildman–Crippen LogP) is 3.67. The summed E-state index contributed by atoms with van der Waals surface area (Å²) in [6.45, 7) is 0.255. The number of carbonyl (C=O) groups is 1. The number of hydrogen-bond acceptors (Lipinski definition) is 3. The first-order valence-corrected chi connectivity index (χ1v) is 8.33. The van der Waals surface area contributed by atoms with Crippen LogP contribution in [0, 0.1) is 3.57 Å². The molecular formula is C16H15BrINO2. The van der Waals surface area contributed by atoms with Gasteiger partial charge in [0.2, 0.25) is 0 Å². The highest BCUT2D eigenvalue weighted by molar-refractivity contribution is 14.1. The van der Waals surface area contributed by atoms with Crippen molar-refractivity contribution in [1.82, 2.24) is 0 Å². The molecule has 0 saturated heterocycles. The van der Waals surface area contributed by atoms with E-state index in [1.807, 2.05) is 48.5 Å². The van der Waals surface area contributed by atoms with Crippen molar-refractivity contribution in [3.05, 3.63) is 67.7 Å². The van der Waals surface area contributed by atoms with Gasteiger partial charge >= 0.3 is 5.97 Å². The molecule has 2 aromatic carbocycles. The number of benzene rings is 2. The molecule has 3 nitrogen and oxygen atoms in total. The molecule has 1 unspecified atom stereocenters. The van der Waals surface area contributed by atoms with Gasteiger partial charge in [0.15, 0.2) is 0 Å². The van der Waals surface area contributed by atoms with E-state index in [9.17, 15) is 4.79 Å². The van der Waals surface area contributed by atoms with Gasteiger partial charge in [-0.05, 0) is 52.3 Å². The fourth-order valence-corrected chi connectivity index (χ4v) is 3.37. The van der Waals surface area contributed by atoms with Crippen molar-refractivity contribution in [2.24, 2.45) is 5.73 Å². The van der Waals surface area contributed by atoms with Gasteiger partial charge in [-0.15, -0.1) is 0 Å². The third-order valence-electron chi connectivity index (χ3n) is 2.98. The third kappa shape index (κ3) is 5.09. The van der Waals surface area contributed by atoms with Crippen LogP contribution in [0.1, 0.15) is 11.1 Å². The topological polar surface area (TPSA) is 52.3 Å². The summed E-state index contributed by atoms with van der Waals surface area (Å²) in [4.78, 5) is 11.9. The number of rotatable bonds is 5. The molecular weight excluding hydrogens is 445 g/mol. The van der Waals surface area contributed by atoms with Crippen LogP contribution in [0.4, 0.5) is 0 Å². The monoisotopic (exact) mass is 459 g/mol. The second-order valence-corrected chi connectivity index (χ2v) is 6.72. The molecule has 0 aliphatic rings. The zero-order valence-corrected chi connectivity index (χ0v) is 15.0. The van der Waals surface area contributed by atoms with Crippen LogP contribution in [-0.2, 0) is 22.6 Å². The molecule has 0 aromatic heterocycles. The number of carbonyl (C=O) groups excluding carboxylic acids is 1. The highest BCUT2D eigenvalue weighted by atomic mass is 127. The maximum atomic E-state index is 11.9. The van der Waals surface area contributed by atoms with Crippen molar-refractivity contribution >= 4 is 44.5 Å². The van der Waals surface area contributed by atoms with Crippen LogP contribution in [0.25, 0.3) is 0 Å². The van der Waals surface area contributed by atoms with Crippen molar-refractivity contribution in [2.45, 2.75) is 19.1 Å². The van der Waals surface area contributed by atoms with Crippen molar-refractivity contribution in [3.63, 3.8) is 0 Å². The lowest BCUT2D eigenvalue weighted by atomic mass is 10.1. The number of esters is 1. The summed E-state index contributed by atoms with van der Waals surface area (Å²) in [6, 6.07) is 14.8. The summed E-state index contributed by atoms with van der Waals surface area (Å²) in [7, 11) is 0. The number of ether oxygens (including phenoxy) is 1. The van der Waals surface area contributed by atoms with Gasteiger partial charge < -0.3 is 10.5 Å². The molecule has 0 aliphatic carbocycles. The Labute approximate surface area is 146 Å². The Morgan fingerprint density at radius 2 is 1.95 bits per heavy atom. The summed E-state index contributed by atoms with van der Waals surface area (Å²) in [6.07, 6.45) is 0.471. The maximum Gasteiger partial charge on any atom is 0.323 e. The molecule has 110 valence electrons. The lowest BCUT2D eigenvalue weighted by molar-refractivity contribution is -0.146. The van der Waals surface area contributed by atoms with E-state index >= 15 is 0 Å². The second kappa shape index (κ2) is 7.91. The van der Waals surface area contributed by atoms with Crippen LogP contribution >= 0.6 is 38.5 Å². The van der Waals surface area contributed by atoms with E-state index in [1.54, 1.807) is 0 Å². The van der Waals surface area contributed by atoms with E-state index in [0.717, 1.165) is 19.2 Å². The quantitative estimate of drug-likeness (QED) is 0.548. The van der Waals surface area contributed by atoms with Crippen LogP contribution in [0.2, 0.25) is 0 Å². The summed E-state index contributed by atoms with van der Waals surface area (Å²) in [5, 5.41) is 0. The van der Waals surface area contributed by atoms with Crippen LogP contribution < -0.4 is 5.73 Å². The van der Waals surface area contributed by atoms with Gasteiger partial charge in [0.05, 0.1) is 0 Å². The molecule has 5 heteroatoms. The molecule has 1 atom stereocenters.